The van der Waals surface area contributed by atoms with E-state index < -0.39 is 15.9 Å². The Morgan fingerprint density at radius 1 is 1.18 bits per heavy atom. The number of halogens is 2. The average molecular weight is 584 g/mol. The number of hydrogen-bond donors (Lipinski definition) is 1. The lowest BCUT2D eigenvalue weighted by molar-refractivity contribution is 0.216. The quantitative estimate of drug-likeness (QED) is 0.333. The van der Waals surface area contributed by atoms with Crippen molar-refractivity contribution in [3.05, 3.63) is 64.0 Å². The summed E-state index contributed by atoms with van der Waals surface area (Å²) in [6.45, 7) is 3.03. The highest BCUT2D eigenvalue weighted by Gasteiger charge is 2.48. The SMILES string of the molecule is C[C@@H](Oc1ccc2[nH]nc(-c3cnc(N4CC5(CCCS(=O)(=O)C5)C4)c(C#N)c3)c2c1)c1c(Cl)cncc1Cl. The van der Waals surface area contributed by atoms with Gasteiger partial charge in [-0.25, -0.2) is 13.4 Å². The second-order valence-electron chi connectivity index (χ2n) is 10.3. The summed E-state index contributed by atoms with van der Waals surface area (Å²) in [5.41, 5.74) is 2.95. The number of fused-ring (bicyclic) bond motifs is 1. The zero-order chi connectivity index (χ0) is 27.4. The molecule has 3 aromatic heterocycles. The monoisotopic (exact) mass is 582 g/mol. The van der Waals surface area contributed by atoms with Crippen LogP contribution >= 0.6 is 23.2 Å². The Hall–Kier alpha value is -3.39. The highest BCUT2D eigenvalue weighted by atomic mass is 35.5. The second kappa shape index (κ2) is 9.66. The van der Waals surface area contributed by atoms with Crippen molar-refractivity contribution in [2.45, 2.75) is 25.9 Å². The third-order valence-electron chi connectivity index (χ3n) is 7.45. The van der Waals surface area contributed by atoms with Gasteiger partial charge in [0.1, 0.15) is 29.4 Å². The maximum atomic E-state index is 12.2. The molecule has 9 nitrogen and oxygen atoms in total. The van der Waals surface area contributed by atoms with Gasteiger partial charge in [0.2, 0.25) is 0 Å². The van der Waals surface area contributed by atoms with Crippen molar-refractivity contribution in [3.63, 3.8) is 0 Å². The number of ether oxygens (including phenoxy) is 1. The summed E-state index contributed by atoms with van der Waals surface area (Å²) in [6.07, 6.45) is 5.89. The van der Waals surface area contributed by atoms with E-state index in [0.29, 0.717) is 63.5 Å². The maximum absolute atomic E-state index is 12.2. The van der Waals surface area contributed by atoms with Gasteiger partial charge in [-0.15, -0.1) is 0 Å². The summed E-state index contributed by atoms with van der Waals surface area (Å²) in [5, 5.41) is 19.1. The van der Waals surface area contributed by atoms with Gasteiger partial charge in [-0.05, 0) is 44.0 Å². The fourth-order valence-electron chi connectivity index (χ4n) is 5.72. The molecule has 0 aliphatic carbocycles. The van der Waals surface area contributed by atoms with E-state index in [4.69, 9.17) is 27.9 Å². The molecule has 0 amide bonds. The Morgan fingerprint density at radius 3 is 2.67 bits per heavy atom. The van der Waals surface area contributed by atoms with Crippen molar-refractivity contribution in [2.75, 3.05) is 29.5 Å². The molecule has 1 N–H and O–H groups in total. The zero-order valence-electron chi connectivity index (χ0n) is 21.0. The number of anilines is 1. The Balaban J connectivity index is 1.26. The Morgan fingerprint density at radius 2 is 1.95 bits per heavy atom. The van der Waals surface area contributed by atoms with Crippen LogP contribution in [0.5, 0.6) is 5.75 Å². The number of hydrogen-bond acceptors (Lipinski definition) is 8. The topological polar surface area (TPSA) is 125 Å². The van der Waals surface area contributed by atoms with Crippen LogP contribution in [0.25, 0.3) is 22.2 Å². The number of nitriles is 1. The fourth-order valence-corrected chi connectivity index (χ4v) is 8.38. The molecule has 200 valence electrons. The number of sulfone groups is 1. The molecule has 2 saturated heterocycles. The number of aromatic nitrogens is 4. The predicted molar refractivity (Wildman–Crippen MR) is 150 cm³/mol. The highest BCUT2D eigenvalue weighted by molar-refractivity contribution is 7.91. The van der Waals surface area contributed by atoms with Crippen molar-refractivity contribution in [1.29, 1.82) is 5.26 Å². The van der Waals surface area contributed by atoms with Gasteiger partial charge in [0.15, 0.2) is 9.84 Å². The Bertz CT molecular complexity index is 1720. The third-order valence-corrected chi connectivity index (χ3v) is 10.0. The molecule has 0 unspecified atom stereocenters. The number of aromatic amines is 1. The van der Waals surface area contributed by atoms with Crippen molar-refractivity contribution in [3.8, 4) is 23.1 Å². The minimum Gasteiger partial charge on any atom is -0.486 e. The van der Waals surface area contributed by atoms with Crippen LogP contribution < -0.4 is 9.64 Å². The molecule has 1 aromatic carbocycles. The van der Waals surface area contributed by atoms with Crippen LogP contribution in [0.4, 0.5) is 5.82 Å². The minimum absolute atomic E-state index is 0.207. The van der Waals surface area contributed by atoms with E-state index in [1.54, 1.807) is 12.3 Å². The van der Waals surface area contributed by atoms with Gasteiger partial charge in [0.25, 0.3) is 0 Å². The molecule has 1 atom stereocenters. The number of nitrogens with zero attached hydrogens (tertiary/aromatic N) is 5. The first kappa shape index (κ1) is 25.9. The zero-order valence-corrected chi connectivity index (χ0v) is 23.3. The van der Waals surface area contributed by atoms with Gasteiger partial charge in [-0.1, -0.05) is 23.2 Å². The molecule has 2 aliphatic heterocycles. The van der Waals surface area contributed by atoms with Crippen molar-refractivity contribution in [2.24, 2.45) is 5.41 Å². The standard InChI is InChI=1S/C27H24Cl2N6O3S/c1-16(24-21(28)11-31-12-22(24)29)38-19-3-4-23-20(8-19)25(34-33-23)18-7-17(9-30)26(32-10-18)35-13-27(14-35)5-2-6-39(36,37)15-27/h3-4,7-8,10-12,16H,2,5-6,13-15H2,1H3,(H,33,34)/t16-/m1/s1. The van der Waals surface area contributed by atoms with Crippen LogP contribution in [0, 0.1) is 16.7 Å². The molecule has 5 heterocycles. The molecule has 1 spiro atoms. The molecular formula is C27H24Cl2N6O3S. The summed E-state index contributed by atoms with van der Waals surface area (Å²) >= 11 is 12.6. The minimum atomic E-state index is -3.01. The van der Waals surface area contributed by atoms with E-state index in [2.05, 4.69) is 26.2 Å². The molecule has 0 radical (unpaired) electrons. The summed E-state index contributed by atoms with van der Waals surface area (Å²) in [5.74, 6) is 1.64. The highest BCUT2D eigenvalue weighted by Crippen LogP contribution is 2.43. The Labute approximate surface area is 235 Å². The van der Waals surface area contributed by atoms with Gasteiger partial charge < -0.3 is 9.64 Å². The summed E-state index contributed by atoms with van der Waals surface area (Å²) < 4.78 is 30.5. The van der Waals surface area contributed by atoms with E-state index in [9.17, 15) is 13.7 Å². The number of nitrogens with one attached hydrogen (secondary N) is 1. The van der Waals surface area contributed by atoms with Crippen LogP contribution in [0.1, 0.15) is 37.0 Å². The van der Waals surface area contributed by atoms with Crippen LogP contribution in [0.2, 0.25) is 10.0 Å². The van der Waals surface area contributed by atoms with E-state index >= 15 is 0 Å². The lowest BCUT2D eigenvalue weighted by Gasteiger charge is -2.52. The third kappa shape index (κ3) is 4.80. The number of benzene rings is 1. The van der Waals surface area contributed by atoms with Crippen LogP contribution in [0.15, 0.2) is 42.9 Å². The molecule has 0 bridgehead atoms. The first-order valence-electron chi connectivity index (χ1n) is 12.5. The maximum Gasteiger partial charge on any atom is 0.151 e. The van der Waals surface area contributed by atoms with Gasteiger partial charge in [-0.3, -0.25) is 10.1 Å². The molecule has 39 heavy (non-hydrogen) atoms. The first-order chi connectivity index (χ1) is 18.7. The largest absolute Gasteiger partial charge is 0.486 e. The smallest absolute Gasteiger partial charge is 0.151 e. The van der Waals surface area contributed by atoms with Crippen molar-refractivity contribution >= 4 is 49.8 Å². The van der Waals surface area contributed by atoms with Crippen LogP contribution in [-0.4, -0.2) is 53.2 Å². The van der Waals surface area contributed by atoms with Gasteiger partial charge >= 0.3 is 0 Å². The molecular weight excluding hydrogens is 559 g/mol. The van der Waals surface area contributed by atoms with E-state index in [-0.39, 0.29) is 16.9 Å². The lowest BCUT2D eigenvalue weighted by Crippen LogP contribution is -2.61. The van der Waals surface area contributed by atoms with Gasteiger partial charge in [0, 0.05) is 53.6 Å². The van der Waals surface area contributed by atoms with Crippen molar-refractivity contribution < 1.29 is 13.2 Å². The summed E-state index contributed by atoms with van der Waals surface area (Å²) in [4.78, 5) is 10.6. The number of rotatable bonds is 5. The normalized spacial score (nSPS) is 18.5. The van der Waals surface area contributed by atoms with E-state index in [1.165, 1.54) is 12.4 Å². The average Bonchev–Trinajstić information content (AvgIpc) is 3.29. The predicted octanol–water partition coefficient (Wildman–Crippen LogP) is 5.35. The Kier molecular flexibility index (Phi) is 6.41. The van der Waals surface area contributed by atoms with Gasteiger partial charge in [-0.2, -0.15) is 10.4 Å². The van der Waals surface area contributed by atoms with Crippen molar-refractivity contribution in [1.82, 2.24) is 20.2 Å². The molecule has 4 aromatic rings. The van der Waals surface area contributed by atoms with Crippen LogP contribution in [-0.2, 0) is 9.84 Å². The molecule has 0 saturated carbocycles. The lowest BCUT2D eigenvalue weighted by atomic mass is 9.77. The molecule has 2 fully saturated rings. The van der Waals surface area contributed by atoms with E-state index in [0.717, 1.165) is 17.3 Å². The molecule has 2 aliphatic rings. The number of pyridine rings is 2. The van der Waals surface area contributed by atoms with Crippen LogP contribution in [0.3, 0.4) is 0 Å². The summed E-state index contributed by atoms with van der Waals surface area (Å²) in [6, 6.07) is 9.60. The second-order valence-corrected chi connectivity index (χ2v) is 13.3. The molecule has 6 rings (SSSR count). The first-order valence-corrected chi connectivity index (χ1v) is 15.0. The van der Waals surface area contributed by atoms with Gasteiger partial charge in [0.05, 0.1) is 32.6 Å². The summed E-state index contributed by atoms with van der Waals surface area (Å²) in [7, 11) is -3.01. The fraction of sp³-hybridized carbons (Fsp3) is 0.333. The molecule has 12 heteroatoms. The van der Waals surface area contributed by atoms with E-state index in [1.807, 2.05) is 30.0 Å². The number of H-pyrrole nitrogens is 1.